The van der Waals surface area contributed by atoms with E-state index in [0.29, 0.717) is 43.9 Å². The zero-order chi connectivity index (χ0) is 23.1. The number of nitro groups is 1. The second kappa shape index (κ2) is 10.9. The summed E-state index contributed by atoms with van der Waals surface area (Å²) >= 11 is 0. The number of nitrogens with zero attached hydrogens (tertiary/aromatic N) is 3. The molecule has 0 atom stereocenters. The SMILES string of the molecule is CC(C)NC(=O)C1(O)CCC(Nc2cc(OCCN3CCCCC3)ncc2[N+](=O)[O-])CC1. The third kappa shape index (κ3) is 6.52. The predicted octanol–water partition coefficient (Wildman–Crippen LogP) is 2.46. The van der Waals surface area contributed by atoms with Crippen LogP contribution in [0.15, 0.2) is 12.3 Å². The van der Waals surface area contributed by atoms with Gasteiger partial charge >= 0.3 is 5.69 Å². The molecule has 1 amide bonds. The first-order valence-electron chi connectivity index (χ1n) is 11.6. The van der Waals surface area contributed by atoms with Gasteiger partial charge < -0.3 is 20.5 Å². The minimum atomic E-state index is -1.39. The van der Waals surface area contributed by atoms with Crippen molar-refractivity contribution in [3.8, 4) is 5.88 Å². The minimum Gasteiger partial charge on any atom is -0.476 e. The molecule has 178 valence electrons. The molecule has 10 heteroatoms. The molecule has 3 rings (SSSR count). The van der Waals surface area contributed by atoms with Gasteiger partial charge in [-0.2, -0.15) is 0 Å². The molecule has 0 radical (unpaired) electrons. The molecule has 32 heavy (non-hydrogen) atoms. The average Bonchev–Trinajstić information content (AvgIpc) is 2.76. The Kier molecular flexibility index (Phi) is 8.25. The molecule has 1 aromatic heterocycles. The number of ether oxygens (including phenoxy) is 1. The third-order valence-electron chi connectivity index (χ3n) is 6.18. The Morgan fingerprint density at radius 2 is 2.03 bits per heavy atom. The van der Waals surface area contributed by atoms with Crippen LogP contribution < -0.4 is 15.4 Å². The summed E-state index contributed by atoms with van der Waals surface area (Å²) in [5.74, 6) is -0.0102. The number of rotatable bonds is 9. The van der Waals surface area contributed by atoms with Gasteiger partial charge in [-0.05, 0) is 65.5 Å². The van der Waals surface area contributed by atoms with E-state index in [9.17, 15) is 20.0 Å². The number of carbonyl (C=O) groups excluding carboxylic acids is 1. The molecular weight excluding hydrogens is 414 g/mol. The molecule has 2 heterocycles. The first-order valence-corrected chi connectivity index (χ1v) is 11.6. The van der Waals surface area contributed by atoms with Crippen LogP contribution in [0.4, 0.5) is 11.4 Å². The standard InChI is InChI=1S/C22H35N5O5/c1-16(2)24-21(28)22(29)8-6-17(7-9-22)25-18-14-20(23-15-19(18)27(30)31)32-13-12-26-10-4-3-5-11-26/h14-17,29H,3-13H2,1-2H3,(H,23,25)(H,24,28). The molecule has 0 spiro atoms. The van der Waals surface area contributed by atoms with Gasteiger partial charge in [0.25, 0.3) is 5.91 Å². The van der Waals surface area contributed by atoms with E-state index in [4.69, 9.17) is 4.74 Å². The summed E-state index contributed by atoms with van der Waals surface area (Å²) in [6, 6.07) is 1.43. The van der Waals surface area contributed by atoms with Crippen LogP contribution in [0.5, 0.6) is 5.88 Å². The monoisotopic (exact) mass is 449 g/mol. The zero-order valence-electron chi connectivity index (χ0n) is 19.0. The quantitative estimate of drug-likeness (QED) is 0.387. The van der Waals surface area contributed by atoms with Crippen LogP contribution in [0, 0.1) is 10.1 Å². The van der Waals surface area contributed by atoms with Crippen LogP contribution in [0.25, 0.3) is 0 Å². The molecule has 2 aliphatic rings. The van der Waals surface area contributed by atoms with Gasteiger partial charge in [-0.15, -0.1) is 0 Å². The summed E-state index contributed by atoms with van der Waals surface area (Å²) in [6.07, 6.45) is 6.53. The number of piperidine rings is 1. The molecule has 1 saturated heterocycles. The van der Waals surface area contributed by atoms with Crippen molar-refractivity contribution in [3.05, 3.63) is 22.4 Å². The van der Waals surface area contributed by atoms with E-state index in [1.165, 1.54) is 25.5 Å². The lowest BCUT2D eigenvalue weighted by molar-refractivity contribution is -0.384. The summed E-state index contributed by atoms with van der Waals surface area (Å²) in [4.78, 5) is 29.8. The van der Waals surface area contributed by atoms with Crippen molar-refractivity contribution < 1.29 is 19.6 Å². The van der Waals surface area contributed by atoms with Crippen LogP contribution in [0.3, 0.4) is 0 Å². The fraction of sp³-hybridized carbons (Fsp3) is 0.727. The largest absolute Gasteiger partial charge is 0.476 e. The van der Waals surface area contributed by atoms with Gasteiger partial charge in [-0.3, -0.25) is 19.8 Å². The number of hydrogen-bond donors (Lipinski definition) is 3. The van der Waals surface area contributed by atoms with Crippen molar-refractivity contribution >= 4 is 17.3 Å². The van der Waals surface area contributed by atoms with Gasteiger partial charge in [0.1, 0.15) is 24.1 Å². The summed E-state index contributed by atoms with van der Waals surface area (Å²) < 4.78 is 5.77. The van der Waals surface area contributed by atoms with Crippen LogP contribution in [-0.4, -0.2) is 69.7 Å². The highest BCUT2D eigenvalue weighted by Gasteiger charge is 2.40. The molecule has 2 fully saturated rings. The van der Waals surface area contributed by atoms with E-state index in [-0.39, 0.29) is 23.7 Å². The number of amides is 1. The summed E-state index contributed by atoms with van der Waals surface area (Å²) in [7, 11) is 0. The fourth-order valence-electron chi connectivity index (χ4n) is 4.31. The Hall–Kier alpha value is -2.46. The summed E-state index contributed by atoms with van der Waals surface area (Å²) in [5.41, 5.74) is -1.16. The normalized spacial score (nSPS) is 24.2. The first kappa shape index (κ1) is 24.2. The van der Waals surface area contributed by atoms with Crippen molar-refractivity contribution in [2.75, 3.05) is 31.6 Å². The molecule has 1 aliphatic heterocycles. The number of carbonyl (C=O) groups is 1. The van der Waals surface area contributed by atoms with Gasteiger partial charge in [-0.25, -0.2) is 4.98 Å². The Labute approximate surface area is 188 Å². The van der Waals surface area contributed by atoms with Gasteiger partial charge in [0.05, 0.1) is 4.92 Å². The van der Waals surface area contributed by atoms with E-state index in [0.717, 1.165) is 19.6 Å². The van der Waals surface area contributed by atoms with E-state index in [1.807, 2.05) is 13.8 Å². The van der Waals surface area contributed by atoms with Crippen molar-refractivity contribution in [1.29, 1.82) is 0 Å². The molecular formula is C22H35N5O5. The van der Waals surface area contributed by atoms with E-state index >= 15 is 0 Å². The van der Waals surface area contributed by atoms with E-state index in [1.54, 1.807) is 6.07 Å². The molecule has 0 unspecified atom stereocenters. The third-order valence-corrected chi connectivity index (χ3v) is 6.18. The zero-order valence-corrected chi connectivity index (χ0v) is 19.0. The second-order valence-electron chi connectivity index (χ2n) is 9.13. The minimum absolute atomic E-state index is 0.0461. The van der Waals surface area contributed by atoms with Crippen molar-refractivity contribution in [3.63, 3.8) is 0 Å². The second-order valence-corrected chi connectivity index (χ2v) is 9.13. The highest BCUT2D eigenvalue weighted by molar-refractivity contribution is 5.85. The Morgan fingerprint density at radius 3 is 2.66 bits per heavy atom. The molecule has 0 bridgehead atoms. The number of aromatic nitrogens is 1. The average molecular weight is 450 g/mol. The Balaban J connectivity index is 1.58. The molecule has 3 N–H and O–H groups in total. The van der Waals surface area contributed by atoms with Crippen LogP contribution in [0.1, 0.15) is 58.8 Å². The molecule has 1 aromatic rings. The molecule has 1 saturated carbocycles. The van der Waals surface area contributed by atoms with Gasteiger partial charge in [0.15, 0.2) is 0 Å². The highest BCUT2D eigenvalue weighted by atomic mass is 16.6. The number of aliphatic hydroxyl groups is 1. The van der Waals surface area contributed by atoms with Crippen LogP contribution >= 0.6 is 0 Å². The number of hydrogen-bond acceptors (Lipinski definition) is 8. The van der Waals surface area contributed by atoms with E-state index in [2.05, 4.69) is 20.5 Å². The maximum Gasteiger partial charge on any atom is 0.310 e. The lowest BCUT2D eigenvalue weighted by Crippen LogP contribution is -2.52. The Bertz CT molecular complexity index is 789. The van der Waals surface area contributed by atoms with Crippen molar-refractivity contribution in [1.82, 2.24) is 15.2 Å². The van der Waals surface area contributed by atoms with Gasteiger partial charge in [-0.1, -0.05) is 6.42 Å². The van der Waals surface area contributed by atoms with Crippen LogP contribution in [0.2, 0.25) is 0 Å². The highest BCUT2D eigenvalue weighted by Crippen LogP contribution is 2.33. The van der Waals surface area contributed by atoms with Crippen molar-refractivity contribution in [2.45, 2.75) is 76.5 Å². The topological polar surface area (TPSA) is 130 Å². The lowest BCUT2D eigenvalue weighted by atomic mass is 9.81. The maximum atomic E-state index is 12.3. The molecule has 0 aromatic carbocycles. The number of likely N-dealkylation sites (tertiary alicyclic amines) is 1. The molecule has 10 nitrogen and oxygen atoms in total. The summed E-state index contributed by atoms with van der Waals surface area (Å²) in [5, 5.41) is 28.1. The number of pyridine rings is 1. The fourth-order valence-corrected chi connectivity index (χ4v) is 4.31. The van der Waals surface area contributed by atoms with Gasteiger partial charge in [0, 0.05) is 24.7 Å². The number of anilines is 1. The van der Waals surface area contributed by atoms with Gasteiger partial charge in [0.2, 0.25) is 5.88 Å². The smallest absolute Gasteiger partial charge is 0.310 e. The molecule has 1 aliphatic carbocycles. The first-order chi connectivity index (χ1) is 15.3. The van der Waals surface area contributed by atoms with Crippen LogP contribution in [-0.2, 0) is 4.79 Å². The number of nitrogens with one attached hydrogen (secondary N) is 2. The van der Waals surface area contributed by atoms with E-state index < -0.39 is 10.5 Å². The summed E-state index contributed by atoms with van der Waals surface area (Å²) in [6.45, 7) is 7.14. The predicted molar refractivity (Wildman–Crippen MR) is 121 cm³/mol. The Morgan fingerprint density at radius 1 is 1.34 bits per heavy atom. The maximum absolute atomic E-state index is 12.3. The van der Waals surface area contributed by atoms with Crippen molar-refractivity contribution in [2.24, 2.45) is 0 Å². The lowest BCUT2D eigenvalue weighted by Gasteiger charge is -2.35.